The second-order valence-electron chi connectivity index (χ2n) is 3.95. The fraction of sp³-hybridized carbons (Fsp3) is 0.167. The average molecular weight is 395 g/mol. The lowest BCUT2D eigenvalue weighted by Crippen LogP contribution is -2.21. The third-order valence-electron chi connectivity index (χ3n) is 2.41. The summed E-state index contributed by atoms with van der Waals surface area (Å²) in [6, 6.07) is 4.84. The Morgan fingerprint density at radius 3 is 2.65 bits per heavy atom. The van der Waals surface area contributed by atoms with Crippen LogP contribution in [-0.2, 0) is 17.5 Å². The Morgan fingerprint density at radius 2 is 2.05 bits per heavy atom. The molecule has 0 spiro atoms. The maximum atomic E-state index is 12.8. The van der Waals surface area contributed by atoms with Crippen molar-refractivity contribution in [3.63, 3.8) is 0 Å². The van der Waals surface area contributed by atoms with Crippen molar-refractivity contribution in [3.05, 3.63) is 45.8 Å². The zero-order valence-electron chi connectivity index (χ0n) is 9.99. The number of para-hydroxylation sites is 1. The molecule has 1 amide bonds. The number of aromatic nitrogens is 2. The molecule has 2 rings (SSSR count). The van der Waals surface area contributed by atoms with Crippen LogP contribution in [0.4, 0.5) is 18.9 Å². The fourth-order valence-corrected chi connectivity index (χ4v) is 2.05. The highest BCUT2D eigenvalue weighted by Gasteiger charge is 2.33. The Hall–Kier alpha value is -1.58. The molecular formula is C12H9F3IN3O. The molecule has 20 heavy (non-hydrogen) atoms. The van der Waals surface area contributed by atoms with E-state index in [2.05, 4.69) is 10.4 Å². The van der Waals surface area contributed by atoms with Crippen LogP contribution in [-0.4, -0.2) is 15.7 Å². The number of alkyl halides is 3. The van der Waals surface area contributed by atoms with Crippen molar-refractivity contribution < 1.29 is 18.0 Å². The molecule has 0 radical (unpaired) electrons. The molecule has 8 heteroatoms. The van der Waals surface area contributed by atoms with Gasteiger partial charge in [-0.3, -0.25) is 9.48 Å². The predicted molar refractivity (Wildman–Crippen MR) is 75.0 cm³/mol. The second kappa shape index (κ2) is 5.81. The number of amides is 1. The van der Waals surface area contributed by atoms with Gasteiger partial charge in [-0.15, -0.1) is 0 Å². The zero-order chi connectivity index (χ0) is 14.8. The van der Waals surface area contributed by atoms with Gasteiger partial charge in [-0.05, 0) is 34.7 Å². The summed E-state index contributed by atoms with van der Waals surface area (Å²) in [6.07, 6.45) is -1.34. The minimum Gasteiger partial charge on any atom is -0.324 e. The molecular weight excluding hydrogens is 386 g/mol. The molecule has 0 saturated carbocycles. The van der Waals surface area contributed by atoms with Crippen LogP contribution in [0.15, 0.2) is 36.7 Å². The van der Waals surface area contributed by atoms with Crippen molar-refractivity contribution in [1.82, 2.24) is 9.78 Å². The first-order chi connectivity index (χ1) is 9.36. The summed E-state index contributed by atoms with van der Waals surface area (Å²) in [4.78, 5) is 11.7. The van der Waals surface area contributed by atoms with E-state index in [9.17, 15) is 18.0 Å². The molecule has 0 unspecified atom stereocenters. The lowest BCUT2D eigenvalue weighted by molar-refractivity contribution is -0.137. The summed E-state index contributed by atoms with van der Waals surface area (Å²) in [6.45, 7) is -0.144. The molecule has 1 N–H and O–H groups in total. The van der Waals surface area contributed by atoms with Crippen molar-refractivity contribution in [2.24, 2.45) is 0 Å². The van der Waals surface area contributed by atoms with Crippen LogP contribution in [0.25, 0.3) is 0 Å². The Bertz CT molecular complexity index is 624. The second-order valence-corrected chi connectivity index (χ2v) is 5.19. The van der Waals surface area contributed by atoms with Gasteiger partial charge in [-0.25, -0.2) is 0 Å². The average Bonchev–Trinajstić information content (AvgIpc) is 2.73. The van der Waals surface area contributed by atoms with Crippen LogP contribution in [0, 0.1) is 3.57 Å². The van der Waals surface area contributed by atoms with E-state index in [1.807, 2.05) is 22.6 Å². The molecule has 0 fully saturated rings. The number of anilines is 1. The van der Waals surface area contributed by atoms with Crippen molar-refractivity contribution in [3.8, 4) is 0 Å². The third kappa shape index (κ3) is 3.71. The van der Waals surface area contributed by atoms with E-state index in [0.29, 0.717) is 0 Å². The first-order valence-corrected chi connectivity index (χ1v) is 6.58. The Labute approximate surface area is 126 Å². The van der Waals surface area contributed by atoms with E-state index in [-0.39, 0.29) is 12.2 Å². The first kappa shape index (κ1) is 14.8. The fourth-order valence-electron chi connectivity index (χ4n) is 1.60. The molecule has 2 aromatic rings. The predicted octanol–water partition coefficient (Wildman–Crippen LogP) is 3.15. The molecule has 4 nitrogen and oxygen atoms in total. The summed E-state index contributed by atoms with van der Waals surface area (Å²) in [5.41, 5.74) is -1.13. The summed E-state index contributed by atoms with van der Waals surface area (Å²) in [5.74, 6) is -0.568. The van der Waals surface area contributed by atoms with Gasteiger partial charge in [0.25, 0.3) is 0 Å². The van der Waals surface area contributed by atoms with Gasteiger partial charge in [0, 0.05) is 6.20 Å². The molecule has 0 aliphatic rings. The monoisotopic (exact) mass is 395 g/mol. The smallest absolute Gasteiger partial charge is 0.324 e. The van der Waals surface area contributed by atoms with Crippen LogP contribution >= 0.6 is 22.6 Å². The number of nitrogens with zero attached hydrogens (tertiary/aromatic N) is 2. The number of benzene rings is 1. The van der Waals surface area contributed by atoms with Crippen molar-refractivity contribution in [2.75, 3.05) is 5.32 Å². The van der Waals surface area contributed by atoms with Gasteiger partial charge in [-0.2, -0.15) is 18.3 Å². The van der Waals surface area contributed by atoms with Crippen LogP contribution in [0.1, 0.15) is 5.56 Å². The summed E-state index contributed by atoms with van der Waals surface area (Å²) >= 11 is 2.02. The Balaban J connectivity index is 2.12. The minimum absolute atomic E-state index is 0.144. The molecule has 0 aliphatic heterocycles. The van der Waals surface area contributed by atoms with E-state index < -0.39 is 17.6 Å². The Morgan fingerprint density at radius 1 is 1.35 bits per heavy atom. The van der Waals surface area contributed by atoms with Gasteiger partial charge in [0.15, 0.2) is 0 Å². The zero-order valence-corrected chi connectivity index (χ0v) is 12.1. The molecule has 1 heterocycles. The van der Waals surface area contributed by atoms with Gasteiger partial charge in [0.05, 0.1) is 21.0 Å². The van der Waals surface area contributed by atoms with Crippen LogP contribution in [0.2, 0.25) is 0 Å². The molecule has 0 bridgehead atoms. The van der Waals surface area contributed by atoms with Gasteiger partial charge < -0.3 is 5.32 Å². The number of carbonyl (C=O) groups is 1. The SMILES string of the molecule is O=C(Cn1cc(I)cn1)Nc1ccccc1C(F)(F)F. The van der Waals surface area contributed by atoms with Crippen molar-refractivity contribution >= 4 is 34.2 Å². The first-order valence-electron chi connectivity index (χ1n) is 5.50. The quantitative estimate of drug-likeness (QED) is 0.812. The number of nitrogens with one attached hydrogen (secondary N) is 1. The van der Waals surface area contributed by atoms with Gasteiger partial charge in [0.1, 0.15) is 6.54 Å². The van der Waals surface area contributed by atoms with Gasteiger partial charge in [0.2, 0.25) is 5.91 Å². The highest BCUT2D eigenvalue weighted by atomic mass is 127. The summed E-state index contributed by atoms with van der Waals surface area (Å²) in [5, 5.41) is 6.15. The van der Waals surface area contributed by atoms with Gasteiger partial charge in [-0.1, -0.05) is 12.1 Å². The summed E-state index contributed by atoms with van der Waals surface area (Å²) in [7, 11) is 0. The van der Waals surface area contributed by atoms with E-state index in [1.165, 1.54) is 22.9 Å². The van der Waals surface area contributed by atoms with Crippen molar-refractivity contribution in [2.45, 2.75) is 12.7 Å². The van der Waals surface area contributed by atoms with Crippen LogP contribution in [0.3, 0.4) is 0 Å². The lowest BCUT2D eigenvalue weighted by atomic mass is 10.1. The minimum atomic E-state index is -4.51. The van der Waals surface area contributed by atoms with E-state index in [0.717, 1.165) is 9.64 Å². The highest BCUT2D eigenvalue weighted by molar-refractivity contribution is 14.1. The Kier molecular flexibility index (Phi) is 4.31. The lowest BCUT2D eigenvalue weighted by Gasteiger charge is -2.13. The van der Waals surface area contributed by atoms with Crippen LogP contribution < -0.4 is 5.32 Å². The molecule has 1 aromatic carbocycles. The highest BCUT2D eigenvalue weighted by Crippen LogP contribution is 2.34. The maximum absolute atomic E-state index is 12.8. The van der Waals surface area contributed by atoms with E-state index in [4.69, 9.17) is 0 Å². The number of hydrogen-bond donors (Lipinski definition) is 1. The molecule has 0 aliphatic carbocycles. The molecule has 1 aromatic heterocycles. The van der Waals surface area contributed by atoms with Gasteiger partial charge >= 0.3 is 6.18 Å². The van der Waals surface area contributed by atoms with Crippen LogP contribution in [0.5, 0.6) is 0 Å². The number of rotatable bonds is 3. The third-order valence-corrected chi connectivity index (χ3v) is 2.97. The number of halogens is 4. The molecule has 0 saturated heterocycles. The number of hydrogen-bond acceptors (Lipinski definition) is 2. The normalized spacial score (nSPS) is 11.4. The summed E-state index contributed by atoms with van der Waals surface area (Å²) < 4.78 is 40.5. The van der Waals surface area contributed by atoms with E-state index in [1.54, 1.807) is 12.4 Å². The van der Waals surface area contributed by atoms with E-state index >= 15 is 0 Å². The standard InChI is InChI=1S/C12H9F3IN3O/c13-12(14,15)9-3-1-2-4-10(9)18-11(20)7-19-6-8(16)5-17-19/h1-6H,7H2,(H,18,20). The van der Waals surface area contributed by atoms with Crippen molar-refractivity contribution in [1.29, 1.82) is 0 Å². The topological polar surface area (TPSA) is 46.9 Å². The number of carbonyl (C=O) groups excluding carboxylic acids is 1. The molecule has 106 valence electrons. The molecule has 0 atom stereocenters. The maximum Gasteiger partial charge on any atom is 0.418 e. The largest absolute Gasteiger partial charge is 0.418 e.